The number of pyridine rings is 1. The standard InChI is InChI=1S/C27H25ClN6O3S/c1-2-29-27(35)37-20-11-17(31-14-20)6-8-21-13-23-25(38-21)26(33-16-32-23)34-18-7-9-24(22(28)12-18)36-15-19-5-3-4-10-30-19/h3-5,7,9-10,12-13,16-17,20,31H,2,11,14-15H2,1H3,(H,29,35)(H,32,33,34)/t17-,20+/m0/s1. The Morgan fingerprint density at radius 1 is 1.24 bits per heavy atom. The van der Waals surface area contributed by atoms with Crippen LogP contribution in [-0.4, -0.2) is 46.3 Å². The molecule has 1 aliphatic rings. The zero-order valence-electron chi connectivity index (χ0n) is 20.5. The van der Waals surface area contributed by atoms with Gasteiger partial charge in [-0.25, -0.2) is 14.8 Å². The predicted octanol–water partition coefficient (Wildman–Crippen LogP) is 4.89. The Morgan fingerprint density at radius 3 is 2.97 bits per heavy atom. The van der Waals surface area contributed by atoms with Crippen LogP contribution in [0.5, 0.6) is 5.75 Å². The lowest BCUT2D eigenvalue weighted by molar-refractivity contribution is 0.107. The topological polar surface area (TPSA) is 110 Å². The van der Waals surface area contributed by atoms with E-state index in [9.17, 15) is 4.79 Å². The van der Waals surface area contributed by atoms with Crippen LogP contribution in [-0.2, 0) is 11.3 Å². The third-order valence-electron chi connectivity index (χ3n) is 5.66. The van der Waals surface area contributed by atoms with Gasteiger partial charge in [0.2, 0.25) is 0 Å². The molecule has 38 heavy (non-hydrogen) atoms. The number of ether oxygens (including phenoxy) is 2. The van der Waals surface area contributed by atoms with Gasteiger partial charge < -0.3 is 20.1 Å². The Balaban J connectivity index is 1.24. The number of halogens is 1. The molecule has 0 saturated carbocycles. The Morgan fingerprint density at radius 2 is 2.16 bits per heavy atom. The summed E-state index contributed by atoms with van der Waals surface area (Å²) in [6, 6.07) is 13.1. The fourth-order valence-electron chi connectivity index (χ4n) is 3.87. The fourth-order valence-corrected chi connectivity index (χ4v) is 5.02. The summed E-state index contributed by atoms with van der Waals surface area (Å²) in [5.74, 6) is 7.70. The predicted molar refractivity (Wildman–Crippen MR) is 148 cm³/mol. The van der Waals surface area contributed by atoms with Crippen molar-refractivity contribution < 1.29 is 14.3 Å². The Hall–Kier alpha value is -3.91. The molecule has 4 aromatic rings. The molecule has 1 aliphatic heterocycles. The molecular weight excluding hydrogens is 524 g/mol. The van der Waals surface area contributed by atoms with Gasteiger partial charge in [-0.3, -0.25) is 10.3 Å². The molecule has 0 unspecified atom stereocenters. The van der Waals surface area contributed by atoms with Crippen molar-refractivity contribution in [3.8, 4) is 17.6 Å². The average Bonchev–Trinajstić information content (AvgIpc) is 3.55. The van der Waals surface area contributed by atoms with E-state index in [-0.39, 0.29) is 12.1 Å². The number of fused-ring (bicyclic) bond motifs is 1. The van der Waals surface area contributed by atoms with Gasteiger partial charge in [0.25, 0.3) is 0 Å². The molecule has 3 N–H and O–H groups in total. The molecule has 4 heterocycles. The number of amides is 1. The van der Waals surface area contributed by atoms with Crippen LogP contribution in [0.2, 0.25) is 5.02 Å². The monoisotopic (exact) mass is 548 g/mol. The van der Waals surface area contributed by atoms with Crippen molar-refractivity contribution >= 4 is 50.8 Å². The molecule has 0 aliphatic carbocycles. The third kappa shape index (κ3) is 6.50. The lowest BCUT2D eigenvalue weighted by atomic mass is 10.2. The Kier molecular flexibility index (Phi) is 8.19. The van der Waals surface area contributed by atoms with Gasteiger partial charge in [-0.2, -0.15) is 0 Å². The molecule has 1 amide bonds. The Bertz CT molecular complexity index is 1490. The van der Waals surface area contributed by atoms with Gasteiger partial charge in [-0.15, -0.1) is 11.3 Å². The number of rotatable bonds is 7. The molecule has 11 heteroatoms. The van der Waals surface area contributed by atoms with Gasteiger partial charge in [-0.05, 0) is 43.3 Å². The molecule has 194 valence electrons. The van der Waals surface area contributed by atoms with E-state index in [1.807, 2.05) is 43.3 Å². The number of benzene rings is 1. The van der Waals surface area contributed by atoms with Crippen molar-refractivity contribution in [2.45, 2.75) is 32.1 Å². The van der Waals surface area contributed by atoms with Gasteiger partial charge in [0, 0.05) is 31.4 Å². The maximum Gasteiger partial charge on any atom is 0.407 e. The second-order valence-corrected chi connectivity index (χ2v) is 9.91. The van der Waals surface area contributed by atoms with Gasteiger partial charge in [-0.1, -0.05) is 29.5 Å². The number of anilines is 2. The summed E-state index contributed by atoms with van der Waals surface area (Å²) in [5, 5.41) is 9.74. The van der Waals surface area contributed by atoms with E-state index in [1.165, 1.54) is 17.7 Å². The second kappa shape index (κ2) is 12.1. The first-order valence-electron chi connectivity index (χ1n) is 12.1. The van der Waals surface area contributed by atoms with Gasteiger partial charge in [0.1, 0.15) is 24.8 Å². The highest BCUT2D eigenvalue weighted by Gasteiger charge is 2.25. The highest BCUT2D eigenvalue weighted by atomic mass is 35.5. The van der Waals surface area contributed by atoms with Crippen molar-refractivity contribution in [1.29, 1.82) is 0 Å². The van der Waals surface area contributed by atoms with Crippen LogP contribution < -0.4 is 20.7 Å². The smallest absolute Gasteiger partial charge is 0.407 e. The maximum absolute atomic E-state index is 11.6. The number of nitrogens with one attached hydrogen (secondary N) is 3. The molecule has 0 bridgehead atoms. The summed E-state index contributed by atoms with van der Waals surface area (Å²) >= 11 is 7.98. The van der Waals surface area contributed by atoms with Crippen molar-refractivity contribution in [2.24, 2.45) is 0 Å². The van der Waals surface area contributed by atoms with Crippen molar-refractivity contribution in [3.05, 3.63) is 70.6 Å². The van der Waals surface area contributed by atoms with E-state index in [1.54, 1.807) is 12.3 Å². The van der Waals surface area contributed by atoms with Crippen LogP contribution in [0.3, 0.4) is 0 Å². The Labute approximate surface area is 229 Å². The maximum atomic E-state index is 11.6. The highest BCUT2D eigenvalue weighted by Crippen LogP contribution is 2.33. The summed E-state index contributed by atoms with van der Waals surface area (Å²) in [5.41, 5.74) is 2.39. The first kappa shape index (κ1) is 25.7. The number of thiophene rings is 1. The molecule has 5 rings (SSSR count). The molecule has 1 saturated heterocycles. The zero-order chi connectivity index (χ0) is 26.3. The van der Waals surface area contributed by atoms with Crippen molar-refractivity contribution in [3.63, 3.8) is 0 Å². The number of hydrogen-bond donors (Lipinski definition) is 3. The largest absolute Gasteiger partial charge is 0.486 e. The van der Waals surface area contributed by atoms with E-state index < -0.39 is 6.09 Å². The van der Waals surface area contributed by atoms with Crippen LogP contribution in [0, 0.1) is 11.8 Å². The third-order valence-corrected chi connectivity index (χ3v) is 7.00. The van der Waals surface area contributed by atoms with E-state index in [2.05, 4.69) is 42.7 Å². The van der Waals surface area contributed by atoms with Crippen molar-refractivity contribution in [2.75, 3.05) is 18.4 Å². The number of nitrogens with zero attached hydrogens (tertiary/aromatic N) is 3. The highest BCUT2D eigenvalue weighted by molar-refractivity contribution is 7.20. The summed E-state index contributed by atoms with van der Waals surface area (Å²) in [6.45, 7) is 3.30. The minimum Gasteiger partial charge on any atom is -0.486 e. The first-order valence-corrected chi connectivity index (χ1v) is 13.3. The summed E-state index contributed by atoms with van der Waals surface area (Å²) in [6.07, 6.45) is 3.29. The van der Waals surface area contributed by atoms with Crippen LogP contribution in [0.15, 0.2) is 55.0 Å². The lowest BCUT2D eigenvalue weighted by Gasteiger charge is -2.11. The summed E-state index contributed by atoms with van der Waals surface area (Å²) in [4.78, 5) is 25.6. The molecule has 1 aromatic carbocycles. The molecule has 3 aromatic heterocycles. The van der Waals surface area contributed by atoms with Gasteiger partial charge in [0.15, 0.2) is 5.82 Å². The second-order valence-electron chi connectivity index (χ2n) is 8.45. The zero-order valence-corrected chi connectivity index (χ0v) is 22.1. The van der Waals surface area contributed by atoms with Crippen LogP contribution in [0.4, 0.5) is 16.3 Å². The average molecular weight is 549 g/mol. The van der Waals surface area contributed by atoms with Crippen LogP contribution >= 0.6 is 22.9 Å². The minimum absolute atomic E-state index is 0.0520. The minimum atomic E-state index is -0.399. The normalized spacial score (nSPS) is 16.5. The fraction of sp³-hybridized carbons (Fsp3) is 0.259. The summed E-state index contributed by atoms with van der Waals surface area (Å²) < 4.78 is 12.1. The molecule has 2 atom stereocenters. The molecule has 0 radical (unpaired) electrons. The molecule has 0 spiro atoms. The van der Waals surface area contributed by atoms with Crippen molar-refractivity contribution in [1.82, 2.24) is 25.6 Å². The summed E-state index contributed by atoms with van der Waals surface area (Å²) in [7, 11) is 0. The number of carbonyl (C=O) groups excluding carboxylic acids is 1. The van der Waals surface area contributed by atoms with E-state index in [0.717, 1.165) is 26.5 Å². The number of aromatic nitrogens is 3. The van der Waals surface area contributed by atoms with E-state index in [4.69, 9.17) is 21.1 Å². The number of alkyl carbamates (subject to hydrolysis) is 1. The molecule has 1 fully saturated rings. The SMILES string of the molecule is CCNC(=O)O[C@H]1CN[C@@H](C#Cc2cc3ncnc(Nc4ccc(OCc5ccccn5)c(Cl)c4)c3s2)C1. The van der Waals surface area contributed by atoms with E-state index >= 15 is 0 Å². The number of hydrogen-bond acceptors (Lipinski definition) is 9. The van der Waals surface area contributed by atoms with Gasteiger partial charge in [0.05, 0.1) is 31.9 Å². The quantitative estimate of drug-likeness (QED) is 0.280. The van der Waals surface area contributed by atoms with Gasteiger partial charge >= 0.3 is 6.09 Å². The van der Waals surface area contributed by atoms with Crippen LogP contribution in [0.25, 0.3) is 10.2 Å². The molecule has 9 nitrogen and oxygen atoms in total. The molecular formula is C27H25ClN6O3S. The van der Waals surface area contributed by atoms with Crippen LogP contribution in [0.1, 0.15) is 23.9 Å². The first-order chi connectivity index (χ1) is 18.6. The lowest BCUT2D eigenvalue weighted by Crippen LogP contribution is -2.29. The van der Waals surface area contributed by atoms with E-state index in [0.29, 0.717) is 42.7 Å². The number of carbonyl (C=O) groups is 1.